The minimum absolute atomic E-state index is 0.00657. The van der Waals surface area contributed by atoms with Crippen LogP contribution in [-0.4, -0.2) is 77.8 Å². The van der Waals surface area contributed by atoms with Gasteiger partial charge in [-0.1, -0.05) is 26.2 Å². The Morgan fingerprint density at radius 3 is 2.58 bits per heavy atom. The Labute approximate surface area is 225 Å². The molecule has 0 radical (unpaired) electrons. The average molecular weight is 614 g/mol. The SMILES string of the molecule is CCC(=O)N(C1CCCCC1)C1CC(C(=O)NCCO)=CC(Oc2c(I)cc(C=O)cc2OC)C1O. The van der Waals surface area contributed by atoms with Crippen LogP contribution >= 0.6 is 22.6 Å². The highest BCUT2D eigenvalue weighted by molar-refractivity contribution is 14.1. The summed E-state index contributed by atoms with van der Waals surface area (Å²) in [5.74, 6) is 0.224. The first-order valence-corrected chi connectivity index (χ1v) is 13.5. The molecule has 0 aromatic heterocycles. The van der Waals surface area contributed by atoms with Crippen molar-refractivity contribution in [1.29, 1.82) is 0 Å². The van der Waals surface area contributed by atoms with E-state index in [-0.39, 0.29) is 37.4 Å². The van der Waals surface area contributed by atoms with E-state index < -0.39 is 18.2 Å². The summed E-state index contributed by atoms with van der Waals surface area (Å²) in [6.45, 7) is 1.69. The third-order valence-electron chi connectivity index (χ3n) is 6.77. The van der Waals surface area contributed by atoms with Gasteiger partial charge in [0.05, 0.1) is 23.3 Å². The summed E-state index contributed by atoms with van der Waals surface area (Å²) in [5, 5.41) is 23.4. The van der Waals surface area contributed by atoms with Crippen LogP contribution in [0.1, 0.15) is 62.2 Å². The molecule has 0 aliphatic heterocycles. The maximum atomic E-state index is 13.2. The number of hydrogen-bond acceptors (Lipinski definition) is 7. The van der Waals surface area contributed by atoms with Crippen LogP contribution in [0.15, 0.2) is 23.8 Å². The van der Waals surface area contributed by atoms with Crippen LogP contribution in [0.5, 0.6) is 11.5 Å². The van der Waals surface area contributed by atoms with Crippen molar-refractivity contribution in [2.45, 2.75) is 76.2 Å². The molecule has 0 spiro atoms. The van der Waals surface area contributed by atoms with Crippen molar-refractivity contribution >= 4 is 40.7 Å². The molecule has 2 amide bonds. The van der Waals surface area contributed by atoms with E-state index in [1.54, 1.807) is 30.0 Å². The summed E-state index contributed by atoms with van der Waals surface area (Å²) >= 11 is 2.03. The average Bonchev–Trinajstić information content (AvgIpc) is 2.90. The van der Waals surface area contributed by atoms with Gasteiger partial charge >= 0.3 is 0 Å². The van der Waals surface area contributed by atoms with Gasteiger partial charge in [0.15, 0.2) is 11.5 Å². The van der Waals surface area contributed by atoms with E-state index in [0.717, 1.165) is 32.1 Å². The molecule has 198 valence electrons. The van der Waals surface area contributed by atoms with Crippen LogP contribution < -0.4 is 14.8 Å². The molecule has 3 unspecified atom stereocenters. The molecule has 2 aliphatic carbocycles. The number of carbonyl (C=O) groups is 3. The van der Waals surface area contributed by atoms with E-state index in [1.807, 2.05) is 22.6 Å². The molecule has 1 aromatic rings. The summed E-state index contributed by atoms with van der Waals surface area (Å²) < 4.78 is 12.3. The molecule has 9 nitrogen and oxygen atoms in total. The molecule has 3 atom stereocenters. The fraction of sp³-hybridized carbons (Fsp3) is 0.577. The van der Waals surface area contributed by atoms with Gasteiger partial charge in [0.25, 0.3) is 0 Å². The molecule has 2 aliphatic rings. The molecule has 36 heavy (non-hydrogen) atoms. The number of ether oxygens (including phenoxy) is 2. The summed E-state index contributed by atoms with van der Waals surface area (Å²) in [6.07, 6.45) is 5.57. The zero-order valence-corrected chi connectivity index (χ0v) is 22.9. The molecule has 1 aromatic carbocycles. The first-order valence-electron chi connectivity index (χ1n) is 12.4. The van der Waals surface area contributed by atoms with Gasteiger partial charge in [-0.15, -0.1) is 0 Å². The molecule has 0 saturated heterocycles. The second kappa shape index (κ2) is 13.4. The van der Waals surface area contributed by atoms with Gasteiger partial charge in [0, 0.05) is 36.6 Å². The van der Waals surface area contributed by atoms with Gasteiger partial charge < -0.3 is 29.9 Å². The fourth-order valence-corrected chi connectivity index (χ4v) is 5.76. The van der Waals surface area contributed by atoms with Crippen molar-refractivity contribution in [3.8, 4) is 11.5 Å². The highest BCUT2D eigenvalue weighted by Crippen LogP contribution is 2.38. The lowest BCUT2D eigenvalue weighted by Gasteiger charge is -2.45. The third kappa shape index (κ3) is 6.57. The topological polar surface area (TPSA) is 125 Å². The van der Waals surface area contributed by atoms with Crippen LogP contribution in [0.25, 0.3) is 0 Å². The van der Waals surface area contributed by atoms with Gasteiger partial charge in [-0.05, 0) is 53.6 Å². The molecular formula is C26H35IN2O7. The first-order chi connectivity index (χ1) is 17.3. The van der Waals surface area contributed by atoms with Gasteiger partial charge in [-0.3, -0.25) is 14.4 Å². The molecule has 10 heteroatoms. The van der Waals surface area contributed by atoms with E-state index in [9.17, 15) is 19.5 Å². The smallest absolute Gasteiger partial charge is 0.247 e. The van der Waals surface area contributed by atoms with Gasteiger partial charge in [0.2, 0.25) is 11.8 Å². The largest absolute Gasteiger partial charge is 0.493 e. The molecular weight excluding hydrogens is 579 g/mol. The highest BCUT2D eigenvalue weighted by atomic mass is 127. The lowest BCUT2D eigenvalue weighted by atomic mass is 9.85. The summed E-state index contributed by atoms with van der Waals surface area (Å²) in [6, 6.07) is 2.53. The van der Waals surface area contributed by atoms with Crippen LogP contribution in [-0.2, 0) is 9.59 Å². The van der Waals surface area contributed by atoms with Crippen LogP contribution in [0, 0.1) is 3.57 Å². The fourth-order valence-electron chi connectivity index (χ4n) is 5.01. The van der Waals surface area contributed by atoms with Crippen LogP contribution in [0.3, 0.4) is 0 Å². The molecule has 0 heterocycles. The number of carbonyl (C=O) groups excluding carboxylic acids is 3. The second-order valence-corrected chi connectivity index (χ2v) is 10.3. The lowest BCUT2D eigenvalue weighted by molar-refractivity contribution is -0.142. The Balaban J connectivity index is 2.01. The van der Waals surface area contributed by atoms with Gasteiger partial charge in [0.1, 0.15) is 18.5 Å². The molecule has 1 fully saturated rings. The lowest BCUT2D eigenvalue weighted by Crippen LogP contribution is -2.58. The number of hydrogen-bond donors (Lipinski definition) is 3. The highest BCUT2D eigenvalue weighted by Gasteiger charge is 2.43. The Bertz CT molecular complexity index is 977. The monoisotopic (exact) mass is 614 g/mol. The number of amides is 2. The van der Waals surface area contributed by atoms with Gasteiger partial charge in [-0.2, -0.15) is 0 Å². The number of rotatable bonds is 10. The van der Waals surface area contributed by atoms with Crippen molar-refractivity contribution < 1.29 is 34.1 Å². The molecule has 3 rings (SSSR count). The van der Waals surface area contributed by atoms with Crippen molar-refractivity contribution in [3.05, 3.63) is 32.9 Å². The molecule has 3 N–H and O–H groups in total. The van der Waals surface area contributed by atoms with Crippen molar-refractivity contribution in [3.63, 3.8) is 0 Å². The van der Waals surface area contributed by atoms with Crippen molar-refractivity contribution in [2.75, 3.05) is 20.3 Å². The molecule has 0 bridgehead atoms. The zero-order chi connectivity index (χ0) is 26.2. The summed E-state index contributed by atoms with van der Waals surface area (Å²) in [7, 11) is 1.46. The quantitative estimate of drug-likeness (QED) is 0.274. The number of methoxy groups -OCH3 is 1. The number of aldehydes is 1. The van der Waals surface area contributed by atoms with Crippen LogP contribution in [0.4, 0.5) is 0 Å². The molecule has 1 saturated carbocycles. The third-order valence-corrected chi connectivity index (χ3v) is 7.57. The maximum Gasteiger partial charge on any atom is 0.247 e. The number of aliphatic hydroxyl groups excluding tert-OH is 2. The summed E-state index contributed by atoms with van der Waals surface area (Å²) in [4.78, 5) is 39.2. The minimum Gasteiger partial charge on any atom is -0.493 e. The van der Waals surface area contributed by atoms with Crippen molar-refractivity contribution in [2.24, 2.45) is 0 Å². The van der Waals surface area contributed by atoms with E-state index in [4.69, 9.17) is 14.6 Å². The van der Waals surface area contributed by atoms with E-state index in [0.29, 0.717) is 38.9 Å². The van der Waals surface area contributed by atoms with Crippen LogP contribution in [0.2, 0.25) is 0 Å². The normalized spacial score (nSPS) is 22.4. The van der Waals surface area contributed by atoms with Crippen molar-refractivity contribution in [1.82, 2.24) is 10.2 Å². The Hall–Kier alpha value is -2.18. The maximum absolute atomic E-state index is 13.2. The standard InChI is InChI=1S/C26H35IN2O7/c1-3-23(32)29(18-7-5-4-6-8-18)20-13-17(26(34)28-9-10-30)14-21(24(20)33)36-25-19(27)11-16(15-31)12-22(25)35-2/h11-12,14-15,18,20-21,24,30,33H,3-10,13H2,1-2H3,(H,28,34). The minimum atomic E-state index is -1.09. The van der Waals surface area contributed by atoms with E-state index in [2.05, 4.69) is 5.32 Å². The Kier molecular flexibility index (Phi) is 10.6. The van der Waals surface area contributed by atoms with E-state index in [1.165, 1.54) is 7.11 Å². The van der Waals surface area contributed by atoms with Gasteiger partial charge in [-0.25, -0.2) is 0 Å². The second-order valence-electron chi connectivity index (χ2n) is 9.11. The number of halogens is 1. The zero-order valence-electron chi connectivity index (χ0n) is 20.7. The Morgan fingerprint density at radius 1 is 1.25 bits per heavy atom. The summed E-state index contributed by atoms with van der Waals surface area (Å²) in [5.41, 5.74) is 0.800. The number of nitrogens with zero attached hydrogens (tertiary/aromatic N) is 1. The van der Waals surface area contributed by atoms with E-state index >= 15 is 0 Å². The predicted octanol–water partition coefficient (Wildman–Crippen LogP) is 2.60. The number of aliphatic hydroxyl groups is 2. The number of benzene rings is 1. The number of nitrogens with one attached hydrogen (secondary N) is 1. The Morgan fingerprint density at radius 2 is 1.97 bits per heavy atom. The predicted molar refractivity (Wildman–Crippen MR) is 142 cm³/mol. The first kappa shape index (κ1) is 28.4.